The average molecular weight is 193 g/mol. The summed E-state index contributed by atoms with van der Waals surface area (Å²) >= 11 is 0. The van der Waals surface area contributed by atoms with Crippen molar-refractivity contribution in [3.8, 4) is 11.5 Å². The molecule has 1 aliphatic carbocycles. The number of methoxy groups -OCH3 is 2. The minimum absolute atomic E-state index is 0.288. The molecule has 0 unspecified atom stereocenters. The first-order valence-corrected chi connectivity index (χ1v) is 4.74. The lowest BCUT2D eigenvalue weighted by Crippen LogP contribution is -2.02. The summed E-state index contributed by atoms with van der Waals surface area (Å²) in [6.07, 6.45) is 1.05. The molecule has 1 saturated carbocycles. The van der Waals surface area contributed by atoms with Crippen molar-refractivity contribution in [2.75, 3.05) is 14.2 Å². The summed E-state index contributed by atoms with van der Waals surface area (Å²) in [7, 11) is 3.31. The van der Waals surface area contributed by atoms with E-state index >= 15 is 0 Å². The molecule has 0 aliphatic heterocycles. The molecule has 0 heterocycles. The fourth-order valence-corrected chi connectivity index (χ4v) is 1.78. The molecule has 2 atom stereocenters. The molecule has 0 bridgehead atoms. The molecule has 2 rings (SSSR count). The standard InChI is InChI=1S/C11H15NO2/c1-13-10-5-3-4-7(11(10)14-2)8-6-9(8)12/h3-5,8-9H,6,12H2,1-2H3/t8-,9+/m1/s1. The van der Waals surface area contributed by atoms with Crippen LogP contribution in [0.25, 0.3) is 0 Å². The molecule has 0 saturated heterocycles. The zero-order chi connectivity index (χ0) is 10.1. The van der Waals surface area contributed by atoms with Gasteiger partial charge in [0.05, 0.1) is 14.2 Å². The van der Waals surface area contributed by atoms with E-state index in [1.54, 1.807) is 14.2 Å². The van der Waals surface area contributed by atoms with Crippen molar-refractivity contribution in [1.29, 1.82) is 0 Å². The molecule has 76 valence electrons. The molecule has 3 nitrogen and oxygen atoms in total. The maximum atomic E-state index is 5.82. The van der Waals surface area contributed by atoms with Crippen LogP contribution in [0.1, 0.15) is 17.9 Å². The summed E-state index contributed by atoms with van der Waals surface area (Å²) < 4.78 is 10.6. The van der Waals surface area contributed by atoms with E-state index in [2.05, 4.69) is 6.07 Å². The van der Waals surface area contributed by atoms with Gasteiger partial charge in [0.2, 0.25) is 0 Å². The van der Waals surface area contributed by atoms with E-state index in [1.807, 2.05) is 12.1 Å². The topological polar surface area (TPSA) is 44.5 Å². The zero-order valence-electron chi connectivity index (χ0n) is 8.49. The molecule has 0 radical (unpaired) electrons. The Hall–Kier alpha value is -1.22. The lowest BCUT2D eigenvalue weighted by atomic mass is 10.1. The third-order valence-corrected chi connectivity index (χ3v) is 2.67. The number of para-hydroxylation sites is 1. The van der Waals surface area contributed by atoms with Crippen LogP contribution in [0, 0.1) is 0 Å². The quantitative estimate of drug-likeness (QED) is 0.791. The van der Waals surface area contributed by atoms with E-state index in [0.29, 0.717) is 5.92 Å². The first-order chi connectivity index (χ1) is 6.77. The Morgan fingerprint density at radius 1 is 1.29 bits per heavy atom. The number of ether oxygens (including phenoxy) is 2. The van der Waals surface area contributed by atoms with E-state index < -0.39 is 0 Å². The van der Waals surface area contributed by atoms with E-state index in [1.165, 1.54) is 5.56 Å². The van der Waals surface area contributed by atoms with Crippen molar-refractivity contribution >= 4 is 0 Å². The Labute approximate surface area is 83.8 Å². The van der Waals surface area contributed by atoms with Crippen LogP contribution in [-0.2, 0) is 0 Å². The van der Waals surface area contributed by atoms with Gasteiger partial charge in [-0.15, -0.1) is 0 Å². The van der Waals surface area contributed by atoms with Crippen LogP contribution in [0.2, 0.25) is 0 Å². The monoisotopic (exact) mass is 193 g/mol. The highest BCUT2D eigenvalue weighted by Gasteiger charge is 2.37. The van der Waals surface area contributed by atoms with Crippen LogP contribution >= 0.6 is 0 Å². The van der Waals surface area contributed by atoms with Crippen LogP contribution < -0.4 is 15.2 Å². The van der Waals surface area contributed by atoms with Gasteiger partial charge in [0.1, 0.15) is 0 Å². The van der Waals surface area contributed by atoms with E-state index in [4.69, 9.17) is 15.2 Å². The van der Waals surface area contributed by atoms with Gasteiger partial charge in [-0.2, -0.15) is 0 Å². The fourth-order valence-electron chi connectivity index (χ4n) is 1.78. The third kappa shape index (κ3) is 1.44. The maximum absolute atomic E-state index is 5.82. The second-order valence-electron chi connectivity index (χ2n) is 3.59. The minimum atomic E-state index is 0.288. The smallest absolute Gasteiger partial charge is 0.164 e. The summed E-state index contributed by atoms with van der Waals surface area (Å²) in [4.78, 5) is 0. The van der Waals surface area contributed by atoms with Gasteiger partial charge in [0.25, 0.3) is 0 Å². The van der Waals surface area contributed by atoms with E-state index in [0.717, 1.165) is 17.9 Å². The lowest BCUT2D eigenvalue weighted by Gasteiger charge is -2.11. The molecular formula is C11H15NO2. The molecule has 0 amide bonds. The Morgan fingerprint density at radius 3 is 2.50 bits per heavy atom. The van der Waals surface area contributed by atoms with Gasteiger partial charge in [-0.25, -0.2) is 0 Å². The van der Waals surface area contributed by atoms with Gasteiger partial charge in [-0.1, -0.05) is 12.1 Å². The number of benzene rings is 1. The van der Waals surface area contributed by atoms with Crippen molar-refractivity contribution in [1.82, 2.24) is 0 Å². The molecule has 1 aliphatic rings. The van der Waals surface area contributed by atoms with Gasteiger partial charge < -0.3 is 15.2 Å². The third-order valence-electron chi connectivity index (χ3n) is 2.67. The summed E-state index contributed by atoms with van der Waals surface area (Å²) in [5.74, 6) is 2.05. The van der Waals surface area contributed by atoms with E-state index in [-0.39, 0.29) is 6.04 Å². The van der Waals surface area contributed by atoms with Crippen LogP contribution in [-0.4, -0.2) is 20.3 Å². The Bertz CT molecular complexity index is 338. The maximum Gasteiger partial charge on any atom is 0.164 e. The SMILES string of the molecule is COc1cccc([C@H]2C[C@@H]2N)c1OC. The fraction of sp³-hybridized carbons (Fsp3) is 0.455. The van der Waals surface area contributed by atoms with Gasteiger partial charge in [-0.05, 0) is 12.5 Å². The minimum Gasteiger partial charge on any atom is -0.493 e. The molecule has 0 spiro atoms. The van der Waals surface area contributed by atoms with Crippen molar-refractivity contribution in [3.05, 3.63) is 23.8 Å². The Balaban J connectivity index is 2.38. The van der Waals surface area contributed by atoms with Crippen molar-refractivity contribution < 1.29 is 9.47 Å². The van der Waals surface area contributed by atoms with Gasteiger partial charge >= 0.3 is 0 Å². The summed E-state index contributed by atoms with van der Waals surface area (Å²) in [6.45, 7) is 0. The molecule has 1 aromatic carbocycles. The second-order valence-corrected chi connectivity index (χ2v) is 3.59. The van der Waals surface area contributed by atoms with Crippen LogP contribution in [0.4, 0.5) is 0 Å². The first kappa shape index (κ1) is 9.34. The predicted octanol–water partition coefficient (Wildman–Crippen LogP) is 1.52. The highest BCUT2D eigenvalue weighted by atomic mass is 16.5. The van der Waals surface area contributed by atoms with Crippen molar-refractivity contribution in [3.63, 3.8) is 0 Å². The molecule has 1 fully saturated rings. The first-order valence-electron chi connectivity index (χ1n) is 4.74. The van der Waals surface area contributed by atoms with Crippen LogP contribution in [0.15, 0.2) is 18.2 Å². The van der Waals surface area contributed by atoms with Gasteiger partial charge in [-0.3, -0.25) is 0 Å². The summed E-state index contributed by atoms with van der Waals surface area (Å²) in [6, 6.07) is 6.22. The van der Waals surface area contributed by atoms with Gasteiger partial charge in [0.15, 0.2) is 11.5 Å². The Kier molecular flexibility index (Phi) is 2.33. The normalized spacial score (nSPS) is 24.5. The summed E-state index contributed by atoms with van der Waals surface area (Å²) in [5.41, 5.74) is 6.98. The Morgan fingerprint density at radius 2 is 2.00 bits per heavy atom. The largest absolute Gasteiger partial charge is 0.493 e. The summed E-state index contributed by atoms with van der Waals surface area (Å²) in [5, 5.41) is 0. The predicted molar refractivity (Wildman–Crippen MR) is 54.9 cm³/mol. The van der Waals surface area contributed by atoms with Crippen molar-refractivity contribution in [2.24, 2.45) is 5.73 Å². The molecule has 3 heteroatoms. The molecule has 1 aromatic rings. The highest BCUT2D eigenvalue weighted by molar-refractivity contribution is 5.50. The molecule has 14 heavy (non-hydrogen) atoms. The molecular weight excluding hydrogens is 178 g/mol. The zero-order valence-corrected chi connectivity index (χ0v) is 8.49. The second kappa shape index (κ2) is 3.50. The van der Waals surface area contributed by atoms with Crippen molar-refractivity contribution in [2.45, 2.75) is 18.4 Å². The lowest BCUT2D eigenvalue weighted by molar-refractivity contribution is 0.351. The van der Waals surface area contributed by atoms with Crippen LogP contribution in [0.5, 0.6) is 11.5 Å². The number of rotatable bonds is 3. The highest BCUT2D eigenvalue weighted by Crippen LogP contribution is 2.46. The number of nitrogens with two attached hydrogens (primary N) is 1. The average Bonchev–Trinajstić information content (AvgIpc) is 2.94. The van der Waals surface area contributed by atoms with E-state index in [9.17, 15) is 0 Å². The molecule has 0 aromatic heterocycles. The number of hydrogen-bond donors (Lipinski definition) is 1. The molecule has 2 N–H and O–H groups in total. The van der Waals surface area contributed by atoms with Crippen LogP contribution in [0.3, 0.4) is 0 Å². The number of hydrogen-bond acceptors (Lipinski definition) is 3. The van der Waals surface area contributed by atoms with Gasteiger partial charge in [0, 0.05) is 17.5 Å².